The predicted molar refractivity (Wildman–Crippen MR) is 156 cm³/mol. The molecule has 6 rings (SSSR count). The second-order valence-electron chi connectivity index (χ2n) is 10.6. The van der Waals surface area contributed by atoms with Crippen LogP contribution in [0.25, 0.3) is 0 Å². The molecule has 3 atom stereocenters. The van der Waals surface area contributed by atoms with E-state index in [2.05, 4.69) is 43.9 Å². The van der Waals surface area contributed by atoms with Gasteiger partial charge in [-0.1, -0.05) is 19.6 Å². The third-order valence-corrected chi connectivity index (χ3v) is 8.20. The maximum absolute atomic E-state index is 14.6. The van der Waals surface area contributed by atoms with Gasteiger partial charge in [0.2, 0.25) is 5.91 Å². The Hall–Kier alpha value is -4.29. The van der Waals surface area contributed by atoms with E-state index in [1.165, 1.54) is 29.6 Å². The monoisotopic (exact) mass is 577 g/mol. The van der Waals surface area contributed by atoms with Gasteiger partial charge >= 0.3 is 0 Å². The summed E-state index contributed by atoms with van der Waals surface area (Å²) in [7, 11) is 1.59. The van der Waals surface area contributed by atoms with Gasteiger partial charge < -0.3 is 20.3 Å². The number of likely N-dealkylation sites (tertiary alicyclic amines) is 1. The van der Waals surface area contributed by atoms with Crippen molar-refractivity contribution in [2.75, 3.05) is 53.9 Å². The molecule has 42 heavy (non-hydrogen) atoms. The minimum atomic E-state index is -0.643. The average molecular weight is 578 g/mol. The molecule has 0 radical (unpaired) electrons. The first-order valence-corrected chi connectivity index (χ1v) is 14.0. The first kappa shape index (κ1) is 27.9. The largest absolute Gasteiger partial charge is 0.494 e. The van der Waals surface area contributed by atoms with E-state index >= 15 is 0 Å². The first-order chi connectivity index (χ1) is 20.4. The Morgan fingerprint density at radius 3 is 2.74 bits per heavy atom. The van der Waals surface area contributed by atoms with Crippen LogP contribution in [0, 0.1) is 11.6 Å². The van der Waals surface area contributed by atoms with Crippen LogP contribution in [0.4, 0.5) is 37.5 Å². The number of nitrogens with one attached hydrogen (secondary N) is 2. The molecule has 3 aliphatic heterocycles. The number of likely N-dealkylation sites (N-methyl/N-ethyl adjacent to an activating group) is 1. The van der Waals surface area contributed by atoms with Crippen LogP contribution in [-0.2, 0) is 9.63 Å². The van der Waals surface area contributed by atoms with Gasteiger partial charge in [-0.2, -0.15) is 0 Å². The maximum Gasteiger partial charge on any atom is 0.247 e. The van der Waals surface area contributed by atoms with Gasteiger partial charge in [-0.25, -0.2) is 23.8 Å². The molecule has 2 bridgehead atoms. The minimum Gasteiger partial charge on any atom is -0.494 e. The molecule has 1 aromatic heterocycles. The summed E-state index contributed by atoms with van der Waals surface area (Å²) in [5.41, 5.74) is 2.41. The first-order valence-electron chi connectivity index (χ1n) is 14.0. The zero-order valence-corrected chi connectivity index (χ0v) is 23.5. The summed E-state index contributed by atoms with van der Waals surface area (Å²) in [6.45, 7) is 9.00. The van der Waals surface area contributed by atoms with E-state index < -0.39 is 17.7 Å². The number of piperazine rings is 1. The number of anilines is 5. The summed E-state index contributed by atoms with van der Waals surface area (Å²) >= 11 is 0. The van der Waals surface area contributed by atoms with Crippen molar-refractivity contribution in [2.45, 2.75) is 37.9 Å². The Morgan fingerprint density at radius 2 is 2.02 bits per heavy atom. The topological polar surface area (TPSA) is 95.1 Å². The van der Waals surface area contributed by atoms with Crippen LogP contribution < -0.4 is 25.3 Å². The number of hydroxylamine groups is 1. The van der Waals surface area contributed by atoms with Crippen molar-refractivity contribution < 1.29 is 23.1 Å². The summed E-state index contributed by atoms with van der Waals surface area (Å²) in [5, 5.41) is 7.75. The zero-order chi connectivity index (χ0) is 29.4. The second kappa shape index (κ2) is 11.5. The molecular weight excluding hydrogens is 544 g/mol. The number of hydrogen-bond donors (Lipinski definition) is 2. The van der Waals surface area contributed by atoms with Gasteiger partial charge in [-0.3, -0.25) is 14.5 Å². The summed E-state index contributed by atoms with van der Waals surface area (Å²) in [6, 6.07) is 9.29. The van der Waals surface area contributed by atoms with E-state index in [4.69, 9.17) is 9.57 Å². The number of hydrogen-bond acceptors (Lipinski definition) is 9. The Labute approximate surface area is 242 Å². The number of nitrogens with zero attached hydrogens (tertiary/aromatic N) is 5. The number of ether oxygens (including phenoxy) is 1. The lowest BCUT2D eigenvalue weighted by molar-refractivity contribution is -0.111. The quantitative estimate of drug-likeness (QED) is 0.348. The smallest absolute Gasteiger partial charge is 0.247 e. The van der Waals surface area contributed by atoms with E-state index in [1.54, 1.807) is 13.2 Å². The van der Waals surface area contributed by atoms with E-state index in [0.29, 0.717) is 59.4 Å². The highest BCUT2D eigenvalue weighted by atomic mass is 19.1. The molecule has 2 N–H and O–H groups in total. The number of carbonyl (C=O) groups is 1. The molecule has 0 saturated carbocycles. The molecule has 3 aliphatic rings. The highest BCUT2D eigenvalue weighted by Gasteiger charge is 2.43. The number of aromatic nitrogens is 2. The number of amides is 1. The Bertz CT molecular complexity index is 1510. The van der Waals surface area contributed by atoms with E-state index in [1.807, 2.05) is 12.1 Å². The predicted octanol–water partition coefficient (Wildman–Crippen LogP) is 4.80. The van der Waals surface area contributed by atoms with Crippen LogP contribution in [-0.4, -0.2) is 66.2 Å². The molecule has 0 aliphatic carbocycles. The van der Waals surface area contributed by atoms with Gasteiger partial charge in [0.15, 0.2) is 5.82 Å². The van der Waals surface area contributed by atoms with E-state index in [0.717, 1.165) is 37.8 Å². The highest BCUT2D eigenvalue weighted by Crippen LogP contribution is 2.43. The highest BCUT2D eigenvalue weighted by molar-refractivity contribution is 6.02. The normalized spacial score (nSPS) is 21.6. The number of halogens is 2. The lowest BCUT2D eigenvalue weighted by Crippen LogP contribution is -2.46. The molecule has 2 aromatic carbocycles. The molecule has 1 amide bonds. The average Bonchev–Trinajstić information content (AvgIpc) is 3.74. The van der Waals surface area contributed by atoms with Crippen molar-refractivity contribution in [1.29, 1.82) is 0 Å². The molecule has 4 heterocycles. The van der Waals surface area contributed by atoms with Crippen molar-refractivity contribution in [3.8, 4) is 5.75 Å². The SMILES string of the molecule is C=CC(=O)Nc1cc(Nc2cc(N3OCC[C@@H]3c3ccc(F)cc3F)ncn2)c(OC)cc1N1C[C@@H]2C[C@H]1CN2CC. The standard InChI is InChI=1S/C30H33F2N7O3/c1-4-30(40)36-23-12-24(27(41-3)13-26(23)38-16-19-11-20(38)15-37(19)5-2)35-28-14-29(34-17-33-28)39-25(8-9-42-39)21-7-6-18(31)10-22(21)32/h4,6-7,10,12-14,17,19-20,25H,1,5,8-9,11,15-16H2,2-3H3,(H,36,40)(H,33,34,35)/t19-,20-,25+/m0/s1. The Morgan fingerprint density at radius 1 is 1.17 bits per heavy atom. The number of rotatable bonds is 9. The van der Waals surface area contributed by atoms with Crippen molar-refractivity contribution >= 4 is 34.6 Å². The van der Waals surface area contributed by atoms with Crippen LogP contribution in [0.5, 0.6) is 5.75 Å². The fourth-order valence-electron chi connectivity index (χ4n) is 6.21. The summed E-state index contributed by atoms with van der Waals surface area (Å²) in [4.78, 5) is 31.7. The van der Waals surface area contributed by atoms with E-state index in [9.17, 15) is 13.6 Å². The summed E-state index contributed by atoms with van der Waals surface area (Å²) in [5.74, 6) is -0.195. The fraction of sp³-hybridized carbons (Fsp3) is 0.367. The van der Waals surface area contributed by atoms with E-state index in [-0.39, 0.29) is 5.91 Å². The van der Waals surface area contributed by atoms with Gasteiger partial charge in [-0.15, -0.1) is 0 Å². The molecular formula is C30H33F2N7O3. The second-order valence-corrected chi connectivity index (χ2v) is 10.6. The number of benzene rings is 2. The lowest BCUT2D eigenvalue weighted by Gasteiger charge is -2.36. The number of methoxy groups -OCH3 is 1. The Kier molecular flexibility index (Phi) is 7.65. The van der Waals surface area contributed by atoms with Gasteiger partial charge in [0, 0.05) is 55.4 Å². The Balaban J connectivity index is 1.29. The van der Waals surface area contributed by atoms with Crippen LogP contribution in [0.1, 0.15) is 31.4 Å². The fourth-order valence-corrected chi connectivity index (χ4v) is 6.21. The van der Waals surface area contributed by atoms with Crippen molar-refractivity contribution in [3.63, 3.8) is 0 Å². The molecule has 3 aromatic rings. The van der Waals surface area contributed by atoms with Crippen LogP contribution >= 0.6 is 0 Å². The van der Waals surface area contributed by atoms with Crippen LogP contribution in [0.2, 0.25) is 0 Å². The van der Waals surface area contributed by atoms with Gasteiger partial charge in [0.1, 0.15) is 29.5 Å². The molecule has 3 fully saturated rings. The summed E-state index contributed by atoms with van der Waals surface area (Å²) < 4.78 is 33.9. The number of carbonyl (C=O) groups excluding carboxylic acids is 1. The maximum atomic E-state index is 14.6. The summed E-state index contributed by atoms with van der Waals surface area (Å²) in [6.07, 6.45) is 4.20. The number of fused-ring (bicyclic) bond motifs is 2. The van der Waals surface area contributed by atoms with Crippen LogP contribution in [0.3, 0.4) is 0 Å². The van der Waals surface area contributed by atoms with Crippen molar-refractivity contribution in [1.82, 2.24) is 14.9 Å². The molecule has 0 spiro atoms. The molecule has 3 saturated heterocycles. The van der Waals surface area contributed by atoms with Crippen LogP contribution in [0.15, 0.2) is 55.4 Å². The molecule has 220 valence electrons. The zero-order valence-electron chi connectivity index (χ0n) is 23.5. The molecule has 0 unspecified atom stereocenters. The third kappa shape index (κ3) is 5.23. The van der Waals surface area contributed by atoms with Gasteiger partial charge in [0.25, 0.3) is 0 Å². The van der Waals surface area contributed by atoms with Gasteiger partial charge in [0.05, 0.1) is 36.8 Å². The lowest BCUT2D eigenvalue weighted by atomic mass is 10.0. The van der Waals surface area contributed by atoms with Crippen molar-refractivity contribution in [2.24, 2.45) is 0 Å². The molecule has 12 heteroatoms. The minimum absolute atomic E-state index is 0.318. The molecule has 10 nitrogen and oxygen atoms in total. The third-order valence-electron chi connectivity index (χ3n) is 8.20. The van der Waals surface area contributed by atoms with Crippen molar-refractivity contribution in [3.05, 3.63) is 72.6 Å². The van der Waals surface area contributed by atoms with Gasteiger partial charge in [-0.05, 0) is 31.2 Å².